The van der Waals surface area contributed by atoms with Crippen LogP contribution in [0.5, 0.6) is 5.75 Å². The van der Waals surface area contributed by atoms with E-state index in [1.165, 1.54) is 5.56 Å². The first-order chi connectivity index (χ1) is 13.7. The maximum atomic E-state index is 12.6. The highest BCUT2D eigenvalue weighted by Gasteiger charge is 2.54. The Kier molecular flexibility index (Phi) is 5.03. The third-order valence-electron chi connectivity index (χ3n) is 7.74. The molecular weight excluding hydrogens is 386 g/mol. The van der Waals surface area contributed by atoms with E-state index in [4.69, 9.17) is 15.7 Å². The number of nitrogens with two attached hydrogens (primary N) is 1. The average molecular weight is 416 g/mol. The van der Waals surface area contributed by atoms with Gasteiger partial charge in [0.1, 0.15) is 11.5 Å². The Morgan fingerprint density at radius 2 is 2.03 bits per heavy atom. The molecule has 3 aliphatic rings. The SMILES string of the molecule is C#CCc1c(CC)c(OS(N)(=O)=O)cc2c1[C@H]1CC[C@]3(C)C(=O)CC[C@H]3[C@@H]1CC2. The zero-order valence-corrected chi connectivity index (χ0v) is 18.0. The molecule has 1 aromatic carbocycles. The number of hydrogen-bond acceptors (Lipinski definition) is 4. The van der Waals surface area contributed by atoms with Gasteiger partial charge in [-0.1, -0.05) is 13.8 Å². The molecule has 0 unspecified atom stereocenters. The molecule has 4 rings (SSSR count). The molecule has 2 fully saturated rings. The number of Topliss-reactive ketones (excluding diaryl/α,β-unsaturated/α-hetero) is 1. The molecule has 1 aromatic rings. The molecule has 4 atom stereocenters. The van der Waals surface area contributed by atoms with Crippen molar-refractivity contribution in [3.8, 4) is 18.1 Å². The number of hydrogen-bond donors (Lipinski definition) is 1. The number of fused-ring (bicyclic) bond motifs is 5. The van der Waals surface area contributed by atoms with E-state index >= 15 is 0 Å². The van der Waals surface area contributed by atoms with Crippen molar-refractivity contribution in [1.29, 1.82) is 0 Å². The minimum atomic E-state index is -4.11. The summed E-state index contributed by atoms with van der Waals surface area (Å²) in [5, 5.41) is 5.16. The first kappa shape index (κ1) is 20.4. The van der Waals surface area contributed by atoms with Gasteiger partial charge in [-0.3, -0.25) is 4.79 Å². The molecule has 0 bridgehead atoms. The lowest BCUT2D eigenvalue weighted by atomic mass is 9.55. The van der Waals surface area contributed by atoms with Crippen LogP contribution in [0.15, 0.2) is 6.07 Å². The van der Waals surface area contributed by atoms with E-state index in [0.717, 1.165) is 48.8 Å². The normalized spacial score (nSPS) is 30.8. The fourth-order valence-corrected chi connectivity index (χ4v) is 6.93. The van der Waals surface area contributed by atoms with Gasteiger partial charge in [-0.05, 0) is 79.0 Å². The summed E-state index contributed by atoms with van der Waals surface area (Å²) in [6.45, 7) is 4.15. The van der Waals surface area contributed by atoms with Crippen molar-refractivity contribution in [2.45, 2.75) is 71.1 Å². The smallest absolute Gasteiger partial charge is 0.371 e. The summed E-state index contributed by atoms with van der Waals surface area (Å²) in [5.41, 5.74) is 4.12. The third-order valence-corrected chi connectivity index (χ3v) is 8.15. The molecule has 5 nitrogen and oxygen atoms in total. The molecule has 0 saturated heterocycles. The van der Waals surface area contributed by atoms with Crippen molar-refractivity contribution in [2.75, 3.05) is 0 Å². The highest BCUT2D eigenvalue weighted by molar-refractivity contribution is 7.84. The second-order valence-electron chi connectivity index (χ2n) is 9.05. The summed E-state index contributed by atoms with van der Waals surface area (Å²) in [4.78, 5) is 12.6. The zero-order valence-electron chi connectivity index (χ0n) is 17.2. The van der Waals surface area contributed by atoms with Crippen LogP contribution in [0.3, 0.4) is 0 Å². The predicted octanol–water partition coefficient (Wildman–Crippen LogP) is 3.43. The van der Waals surface area contributed by atoms with Crippen LogP contribution in [-0.4, -0.2) is 14.2 Å². The van der Waals surface area contributed by atoms with Crippen LogP contribution >= 0.6 is 0 Å². The second-order valence-corrected chi connectivity index (χ2v) is 10.2. The van der Waals surface area contributed by atoms with Crippen molar-refractivity contribution < 1.29 is 17.4 Å². The van der Waals surface area contributed by atoms with Crippen LogP contribution < -0.4 is 9.32 Å². The van der Waals surface area contributed by atoms with E-state index in [-0.39, 0.29) is 5.41 Å². The molecule has 3 aliphatic carbocycles. The lowest BCUT2D eigenvalue weighted by Gasteiger charge is -2.49. The minimum Gasteiger partial charge on any atom is -0.371 e. The number of terminal acetylenes is 1. The molecule has 2 N–H and O–H groups in total. The van der Waals surface area contributed by atoms with E-state index in [9.17, 15) is 13.2 Å². The van der Waals surface area contributed by atoms with Crippen LogP contribution in [0.2, 0.25) is 0 Å². The summed E-state index contributed by atoms with van der Waals surface area (Å²) in [5.74, 6) is 4.81. The first-order valence-corrected chi connectivity index (χ1v) is 12.0. The summed E-state index contributed by atoms with van der Waals surface area (Å²) < 4.78 is 28.4. The molecule has 2 saturated carbocycles. The number of ketones is 1. The average Bonchev–Trinajstić information content (AvgIpc) is 2.95. The van der Waals surface area contributed by atoms with Gasteiger partial charge in [-0.25, -0.2) is 0 Å². The Hall–Kier alpha value is -1.84. The molecule has 0 heterocycles. The molecule has 0 aliphatic heterocycles. The van der Waals surface area contributed by atoms with Crippen molar-refractivity contribution in [1.82, 2.24) is 0 Å². The summed E-state index contributed by atoms with van der Waals surface area (Å²) >= 11 is 0. The molecule has 156 valence electrons. The molecule has 29 heavy (non-hydrogen) atoms. The number of rotatable bonds is 4. The fraction of sp³-hybridized carbons (Fsp3) is 0.609. The van der Waals surface area contributed by atoms with E-state index < -0.39 is 10.3 Å². The van der Waals surface area contributed by atoms with E-state index in [1.807, 2.05) is 13.0 Å². The monoisotopic (exact) mass is 415 g/mol. The standard InChI is InChI=1S/C23H29NO4S/c1-4-6-17-15(5-2)20(28-29(24,26)27)13-14-7-8-16-18(22(14)17)11-12-23(3)19(16)9-10-21(23)25/h1,13,16,18-19H,5-12H2,2-3H3,(H2,24,26,27)/t16-,18+,19+,23+/m1/s1. The summed E-state index contributed by atoms with van der Waals surface area (Å²) in [7, 11) is -4.11. The molecule has 0 aromatic heterocycles. The quantitative estimate of drug-likeness (QED) is 0.763. The van der Waals surface area contributed by atoms with Gasteiger partial charge in [-0.2, -0.15) is 13.6 Å². The number of carbonyl (C=O) groups is 1. The maximum Gasteiger partial charge on any atom is 0.380 e. The van der Waals surface area contributed by atoms with Crippen LogP contribution in [0.4, 0.5) is 0 Å². The maximum absolute atomic E-state index is 12.6. The summed E-state index contributed by atoms with van der Waals surface area (Å²) in [6.07, 6.45) is 12.2. The number of aryl methyl sites for hydroxylation is 1. The van der Waals surface area contributed by atoms with Gasteiger partial charge in [-0.15, -0.1) is 12.3 Å². The van der Waals surface area contributed by atoms with Gasteiger partial charge >= 0.3 is 10.3 Å². The van der Waals surface area contributed by atoms with Gasteiger partial charge in [0.15, 0.2) is 0 Å². The minimum absolute atomic E-state index is 0.171. The van der Waals surface area contributed by atoms with Gasteiger partial charge in [0.2, 0.25) is 0 Å². The Bertz CT molecular complexity index is 1010. The van der Waals surface area contributed by atoms with E-state index in [0.29, 0.717) is 48.5 Å². The zero-order chi connectivity index (χ0) is 21.0. The van der Waals surface area contributed by atoms with Gasteiger partial charge in [0, 0.05) is 23.8 Å². The Balaban J connectivity index is 1.84. The van der Waals surface area contributed by atoms with Crippen LogP contribution in [0.1, 0.15) is 74.1 Å². The van der Waals surface area contributed by atoms with Crippen LogP contribution in [0, 0.1) is 29.6 Å². The van der Waals surface area contributed by atoms with Crippen molar-refractivity contribution in [3.63, 3.8) is 0 Å². The van der Waals surface area contributed by atoms with Crippen molar-refractivity contribution in [3.05, 3.63) is 28.3 Å². The number of carbonyl (C=O) groups excluding carboxylic acids is 1. The molecule has 0 spiro atoms. The molecular formula is C23H29NO4S. The molecule has 6 heteroatoms. The number of benzene rings is 1. The third kappa shape index (κ3) is 3.29. The highest BCUT2D eigenvalue weighted by Crippen LogP contribution is 2.60. The first-order valence-electron chi connectivity index (χ1n) is 10.6. The Morgan fingerprint density at radius 1 is 1.28 bits per heavy atom. The van der Waals surface area contributed by atoms with Crippen LogP contribution in [0.25, 0.3) is 0 Å². The van der Waals surface area contributed by atoms with Crippen molar-refractivity contribution in [2.24, 2.45) is 22.4 Å². The second kappa shape index (κ2) is 7.14. The van der Waals surface area contributed by atoms with Gasteiger partial charge in [0.05, 0.1) is 0 Å². The topological polar surface area (TPSA) is 86.5 Å². The largest absolute Gasteiger partial charge is 0.380 e. The fourth-order valence-electron chi connectivity index (χ4n) is 6.53. The van der Waals surface area contributed by atoms with Gasteiger partial charge in [0.25, 0.3) is 0 Å². The van der Waals surface area contributed by atoms with E-state index in [2.05, 4.69) is 12.8 Å². The molecule has 0 amide bonds. The lowest BCUT2D eigenvalue weighted by molar-refractivity contribution is -0.129. The highest BCUT2D eigenvalue weighted by atomic mass is 32.2. The van der Waals surface area contributed by atoms with E-state index in [1.54, 1.807) is 0 Å². The van der Waals surface area contributed by atoms with Crippen LogP contribution in [-0.2, 0) is 34.4 Å². The predicted molar refractivity (Wildman–Crippen MR) is 112 cm³/mol. The molecule has 0 radical (unpaired) electrons. The summed E-state index contributed by atoms with van der Waals surface area (Å²) in [6, 6.07) is 1.86. The Labute approximate surface area is 173 Å². The van der Waals surface area contributed by atoms with Crippen molar-refractivity contribution >= 4 is 16.1 Å². The Morgan fingerprint density at radius 3 is 2.69 bits per heavy atom. The lowest BCUT2D eigenvalue weighted by Crippen LogP contribution is -2.42. The van der Waals surface area contributed by atoms with Gasteiger partial charge < -0.3 is 4.18 Å².